The molecule has 270 valence electrons. The second kappa shape index (κ2) is 13.7. The number of hydrogen-bond donors (Lipinski definition) is 0. The SMILES string of the molecule is C1=CC2=C(CC1)c1ccc(-c3ccccc3)cc1N(c1cccc3oc4cc(-c5cccc(-c6nc(-c7ccccc7)nc(-c7ccccc7)n6)c5)ccc4c13)C2. The zero-order chi connectivity index (χ0) is 37.7. The monoisotopic (exact) mass is 732 g/mol. The van der Waals surface area contributed by atoms with E-state index in [-0.39, 0.29) is 0 Å². The van der Waals surface area contributed by atoms with Gasteiger partial charge in [0.05, 0.1) is 11.1 Å². The van der Waals surface area contributed by atoms with Crippen molar-refractivity contribution in [3.63, 3.8) is 0 Å². The summed E-state index contributed by atoms with van der Waals surface area (Å²) >= 11 is 0. The van der Waals surface area contributed by atoms with E-state index in [9.17, 15) is 0 Å². The molecule has 5 nitrogen and oxygen atoms in total. The normalized spacial score (nSPS) is 13.6. The van der Waals surface area contributed by atoms with Crippen molar-refractivity contribution in [1.29, 1.82) is 0 Å². The smallest absolute Gasteiger partial charge is 0.164 e. The molecule has 0 amide bonds. The summed E-state index contributed by atoms with van der Waals surface area (Å²) in [5.74, 6) is 1.91. The van der Waals surface area contributed by atoms with Crippen LogP contribution < -0.4 is 4.90 Å². The summed E-state index contributed by atoms with van der Waals surface area (Å²) in [5, 5.41) is 2.22. The molecule has 0 N–H and O–H groups in total. The highest BCUT2D eigenvalue weighted by atomic mass is 16.3. The minimum atomic E-state index is 0.627. The summed E-state index contributed by atoms with van der Waals surface area (Å²) in [6.07, 6.45) is 6.78. The minimum absolute atomic E-state index is 0.627. The average Bonchev–Trinajstić information content (AvgIpc) is 3.68. The molecule has 0 saturated heterocycles. The van der Waals surface area contributed by atoms with E-state index in [0.29, 0.717) is 17.5 Å². The first-order valence-corrected chi connectivity index (χ1v) is 19.5. The maximum Gasteiger partial charge on any atom is 0.164 e. The van der Waals surface area contributed by atoms with Gasteiger partial charge in [-0.1, -0.05) is 146 Å². The number of allylic oxidation sites excluding steroid dienone is 2. The van der Waals surface area contributed by atoms with Gasteiger partial charge >= 0.3 is 0 Å². The van der Waals surface area contributed by atoms with E-state index in [0.717, 1.165) is 74.8 Å². The molecule has 0 radical (unpaired) electrons. The first-order chi connectivity index (χ1) is 28.2. The van der Waals surface area contributed by atoms with E-state index in [1.807, 2.05) is 60.7 Å². The van der Waals surface area contributed by atoms with Gasteiger partial charge in [0.15, 0.2) is 17.5 Å². The van der Waals surface area contributed by atoms with Crippen molar-refractivity contribution in [3.8, 4) is 56.4 Å². The lowest BCUT2D eigenvalue weighted by atomic mass is 9.85. The van der Waals surface area contributed by atoms with Crippen molar-refractivity contribution < 1.29 is 4.42 Å². The molecule has 2 aromatic heterocycles. The zero-order valence-electron chi connectivity index (χ0n) is 31.1. The number of nitrogens with zero attached hydrogens (tertiary/aromatic N) is 4. The lowest BCUT2D eigenvalue weighted by Gasteiger charge is -2.35. The molecule has 3 heterocycles. The van der Waals surface area contributed by atoms with Crippen LogP contribution in [0, 0.1) is 0 Å². The molecule has 7 aromatic carbocycles. The van der Waals surface area contributed by atoms with Crippen molar-refractivity contribution in [3.05, 3.63) is 193 Å². The van der Waals surface area contributed by atoms with Crippen molar-refractivity contribution in [2.45, 2.75) is 12.8 Å². The zero-order valence-corrected chi connectivity index (χ0v) is 31.1. The fourth-order valence-electron chi connectivity index (χ4n) is 8.45. The summed E-state index contributed by atoms with van der Waals surface area (Å²) < 4.78 is 6.69. The Morgan fingerprint density at radius 1 is 0.456 bits per heavy atom. The van der Waals surface area contributed by atoms with Crippen LogP contribution in [-0.4, -0.2) is 21.5 Å². The van der Waals surface area contributed by atoms with E-state index >= 15 is 0 Å². The van der Waals surface area contributed by atoms with Crippen molar-refractivity contribution in [2.75, 3.05) is 11.4 Å². The maximum atomic E-state index is 6.69. The third-order valence-corrected chi connectivity index (χ3v) is 11.2. The van der Waals surface area contributed by atoms with Gasteiger partial charge in [-0.15, -0.1) is 0 Å². The van der Waals surface area contributed by atoms with E-state index in [2.05, 4.69) is 126 Å². The third kappa shape index (κ3) is 5.92. The fraction of sp³-hybridized carbons (Fsp3) is 0.0577. The van der Waals surface area contributed by atoms with Crippen LogP contribution in [0.1, 0.15) is 18.4 Å². The molecule has 0 atom stereocenters. The standard InChI is InChI=1S/C52H36N4O/c1-4-14-34(15-5-1)38-26-28-43-42-23-11-10-20-41(42)33-56(46(43)31-38)45-24-13-25-47-49(45)44-29-27-39(32-48(44)57-47)37-21-12-22-40(30-37)52-54-50(35-16-6-2-7-17-35)53-51(55-52)36-18-8-3-9-19-36/h1-10,12-22,24-32H,11,23,33H2. The Morgan fingerprint density at radius 3 is 1.79 bits per heavy atom. The molecule has 57 heavy (non-hydrogen) atoms. The van der Waals surface area contributed by atoms with Crippen LogP contribution >= 0.6 is 0 Å². The number of anilines is 2. The Morgan fingerprint density at radius 2 is 1.05 bits per heavy atom. The van der Waals surface area contributed by atoms with Gasteiger partial charge in [-0.25, -0.2) is 15.0 Å². The van der Waals surface area contributed by atoms with Crippen LogP contribution in [0.3, 0.4) is 0 Å². The van der Waals surface area contributed by atoms with Gasteiger partial charge in [0, 0.05) is 39.9 Å². The first kappa shape index (κ1) is 33.0. The molecule has 0 fully saturated rings. The molecule has 2 aliphatic rings. The molecule has 11 rings (SSSR count). The summed E-state index contributed by atoms with van der Waals surface area (Å²) in [5.41, 5.74) is 15.6. The van der Waals surface area contributed by atoms with Crippen LogP contribution in [0.4, 0.5) is 11.4 Å². The molecule has 5 heteroatoms. The largest absolute Gasteiger partial charge is 0.456 e. The molecule has 1 aliphatic carbocycles. The van der Waals surface area contributed by atoms with E-state index in [4.69, 9.17) is 19.4 Å². The molecular weight excluding hydrogens is 697 g/mol. The summed E-state index contributed by atoms with van der Waals surface area (Å²) in [6, 6.07) is 59.3. The maximum absolute atomic E-state index is 6.69. The van der Waals surface area contributed by atoms with Gasteiger partial charge in [0.2, 0.25) is 0 Å². The van der Waals surface area contributed by atoms with Gasteiger partial charge in [0.25, 0.3) is 0 Å². The lowest BCUT2D eigenvalue weighted by molar-refractivity contribution is 0.669. The van der Waals surface area contributed by atoms with Crippen LogP contribution in [0.5, 0.6) is 0 Å². The highest BCUT2D eigenvalue weighted by molar-refractivity contribution is 6.13. The number of benzene rings is 7. The average molecular weight is 733 g/mol. The number of furan rings is 1. The van der Waals surface area contributed by atoms with Crippen molar-refractivity contribution >= 4 is 38.9 Å². The Kier molecular flexibility index (Phi) is 7.95. The summed E-state index contributed by atoms with van der Waals surface area (Å²) in [6.45, 7) is 0.808. The Labute approximate surface area is 331 Å². The van der Waals surface area contributed by atoms with Crippen LogP contribution in [0.25, 0.3) is 83.9 Å². The second-order valence-electron chi connectivity index (χ2n) is 14.7. The lowest BCUT2D eigenvalue weighted by Crippen LogP contribution is -2.26. The quantitative estimate of drug-likeness (QED) is 0.170. The number of fused-ring (bicyclic) bond motifs is 5. The summed E-state index contributed by atoms with van der Waals surface area (Å²) in [7, 11) is 0. The Balaban J connectivity index is 1.00. The topological polar surface area (TPSA) is 55.1 Å². The van der Waals surface area contributed by atoms with Crippen LogP contribution in [0.2, 0.25) is 0 Å². The number of aromatic nitrogens is 3. The molecule has 0 spiro atoms. The Bertz CT molecular complexity index is 2980. The van der Waals surface area contributed by atoms with Gasteiger partial charge < -0.3 is 9.32 Å². The number of hydrogen-bond acceptors (Lipinski definition) is 5. The number of rotatable bonds is 6. The van der Waals surface area contributed by atoms with Gasteiger partial charge in [-0.2, -0.15) is 0 Å². The van der Waals surface area contributed by atoms with Crippen LogP contribution in [-0.2, 0) is 0 Å². The van der Waals surface area contributed by atoms with Crippen molar-refractivity contribution in [1.82, 2.24) is 15.0 Å². The predicted octanol–water partition coefficient (Wildman–Crippen LogP) is 13.4. The first-order valence-electron chi connectivity index (χ1n) is 19.5. The van der Waals surface area contributed by atoms with Gasteiger partial charge in [-0.3, -0.25) is 0 Å². The highest BCUT2D eigenvalue weighted by Crippen LogP contribution is 2.47. The van der Waals surface area contributed by atoms with Crippen molar-refractivity contribution in [2.24, 2.45) is 0 Å². The van der Waals surface area contributed by atoms with E-state index in [1.165, 1.54) is 33.5 Å². The molecule has 0 bridgehead atoms. The molecular formula is C52H36N4O. The van der Waals surface area contributed by atoms with Gasteiger partial charge in [0.1, 0.15) is 11.2 Å². The third-order valence-electron chi connectivity index (χ3n) is 11.2. The van der Waals surface area contributed by atoms with Crippen LogP contribution in [0.15, 0.2) is 192 Å². The van der Waals surface area contributed by atoms with E-state index < -0.39 is 0 Å². The molecule has 1 aliphatic heterocycles. The second-order valence-corrected chi connectivity index (χ2v) is 14.7. The molecule has 0 unspecified atom stereocenters. The fourth-order valence-corrected chi connectivity index (χ4v) is 8.45. The Hall–Kier alpha value is -7.37. The summed E-state index contributed by atoms with van der Waals surface area (Å²) in [4.78, 5) is 17.3. The van der Waals surface area contributed by atoms with E-state index in [1.54, 1.807) is 0 Å². The predicted molar refractivity (Wildman–Crippen MR) is 233 cm³/mol. The van der Waals surface area contributed by atoms with Gasteiger partial charge in [-0.05, 0) is 82.6 Å². The molecule has 0 saturated carbocycles. The molecule has 9 aromatic rings. The highest BCUT2D eigenvalue weighted by Gasteiger charge is 2.28. The minimum Gasteiger partial charge on any atom is -0.456 e.